The molecule has 0 atom stereocenters. The van der Waals surface area contributed by atoms with Gasteiger partial charge in [-0.25, -0.2) is 0 Å². The van der Waals surface area contributed by atoms with E-state index >= 15 is 0 Å². The van der Waals surface area contributed by atoms with Gasteiger partial charge in [0.25, 0.3) is 0 Å². The molecule has 0 aromatic heterocycles. The van der Waals surface area contributed by atoms with Crippen LogP contribution in [0.5, 0.6) is 0 Å². The largest absolute Gasteiger partial charge is 0.355 e. The highest BCUT2D eigenvalue weighted by Crippen LogP contribution is 2.64. The summed E-state index contributed by atoms with van der Waals surface area (Å²) in [7, 11) is 0. The zero-order valence-corrected chi connectivity index (χ0v) is 36.5. The Balaban J connectivity index is 0.870. The van der Waals surface area contributed by atoms with Crippen molar-refractivity contribution in [1.29, 1.82) is 0 Å². The fourth-order valence-electron chi connectivity index (χ4n) is 12.6. The van der Waals surface area contributed by atoms with E-state index in [2.05, 4.69) is 187 Å². The lowest BCUT2D eigenvalue weighted by Crippen LogP contribution is -2.26. The van der Waals surface area contributed by atoms with Crippen molar-refractivity contribution in [2.75, 3.05) is 5.32 Å². The minimum absolute atomic E-state index is 0.361. The molecule has 2 saturated carbocycles. The fraction of sp³-hybridized carbons (Fsp3) is 0.206. The molecule has 1 nitrogen and oxygen atoms in total. The van der Waals surface area contributed by atoms with Crippen LogP contribution in [0.4, 0.5) is 11.4 Å². The zero-order valence-electron chi connectivity index (χ0n) is 36.5. The third-order valence-electron chi connectivity index (χ3n) is 15.8. The number of hydrogen-bond donors (Lipinski definition) is 1. The Hall–Kier alpha value is -6.70. The Morgan fingerprint density at radius 3 is 1.47 bits per heavy atom. The first kappa shape index (κ1) is 37.8. The lowest BCUT2D eigenvalue weighted by atomic mass is 9.69. The van der Waals surface area contributed by atoms with Crippen molar-refractivity contribution >= 4 is 32.9 Å². The summed E-state index contributed by atoms with van der Waals surface area (Å²) in [5, 5.41) is 9.02. The number of rotatable bonds is 6. The van der Waals surface area contributed by atoms with Gasteiger partial charge in [-0.05, 0) is 168 Å². The van der Waals surface area contributed by atoms with Crippen molar-refractivity contribution in [2.24, 2.45) is 0 Å². The second-order valence-corrected chi connectivity index (χ2v) is 19.3. The molecule has 9 aromatic rings. The van der Waals surface area contributed by atoms with Crippen LogP contribution < -0.4 is 5.32 Å². The first-order valence-corrected chi connectivity index (χ1v) is 24.1. The molecule has 1 heteroatoms. The van der Waals surface area contributed by atoms with Gasteiger partial charge in [0.2, 0.25) is 0 Å². The first-order chi connectivity index (χ1) is 31.7. The zero-order chi connectivity index (χ0) is 42.2. The van der Waals surface area contributed by atoms with Gasteiger partial charge < -0.3 is 5.32 Å². The van der Waals surface area contributed by atoms with E-state index in [0.29, 0.717) is 11.8 Å². The van der Waals surface area contributed by atoms with E-state index in [0.717, 1.165) is 5.69 Å². The van der Waals surface area contributed by atoms with Gasteiger partial charge in [0.1, 0.15) is 0 Å². The average molecular weight is 824 g/mol. The van der Waals surface area contributed by atoms with Crippen LogP contribution in [-0.4, -0.2) is 0 Å². The van der Waals surface area contributed by atoms with Crippen LogP contribution in [0.1, 0.15) is 109 Å². The van der Waals surface area contributed by atoms with Crippen molar-refractivity contribution in [1.82, 2.24) is 0 Å². The molecule has 4 aliphatic rings. The maximum absolute atomic E-state index is 3.97. The molecular weight excluding hydrogens is 771 g/mol. The van der Waals surface area contributed by atoms with Gasteiger partial charge in [-0.15, -0.1) is 0 Å². The molecule has 2 fully saturated rings. The van der Waals surface area contributed by atoms with Crippen LogP contribution in [0.15, 0.2) is 182 Å². The highest BCUT2D eigenvalue weighted by atomic mass is 14.9. The van der Waals surface area contributed by atoms with E-state index in [1.165, 1.54) is 169 Å². The number of fused-ring (bicyclic) bond motifs is 12. The Morgan fingerprint density at radius 1 is 0.344 bits per heavy atom. The number of benzene rings is 9. The van der Waals surface area contributed by atoms with Crippen LogP contribution in [0.2, 0.25) is 0 Å². The van der Waals surface area contributed by atoms with Gasteiger partial charge in [0.05, 0.1) is 5.41 Å². The van der Waals surface area contributed by atoms with Crippen molar-refractivity contribution in [3.8, 4) is 44.5 Å². The molecule has 0 heterocycles. The van der Waals surface area contributed by atoms with Gasteiger partial charge in [0.15, 0.2) is 0 Å². The second-order valence-electron chi connectivity index (χ2n) is 19.3. The van der Waals surface area contributed by atoms with Gasteiger partial charge in [0, 0.05) is 16.9 Å². The third-order valence-corrected chi connectivity index (χ3v) is 15.8. The molecule has 0 aliphatic heterocycles. The summed E-state index contributed by atoms with van der Waals surface area (Å²) in [6.45, 7) is 0. The van der Waals surface area contributed by atoms with E-state index < -0.39 is 0 Å². The minimum Gasteiger partial charge on any atom is -0.355 e. The molecule has 0 radical (unpaired) electrons. The third kappa shape index (κ3) is 6.04. The number of hydrogen-bond acceptors (Lipinski definition) is 1. The fourth-order valence-corrected chi connectivity index (χ4v) is 12.6. The van der Waals surface area contributed by atoms with Crippen molar-refractivity contribution < 1.29 is 0 Å². The van der Waals surface area contributed by atoms with Crippen molar-refractivity contribution in [3.05, 3.63) is 215 Å². The molecule has 9 aromatic carbocycles. The Labute approximate surface area is 377 Å². The lowest BCUT2D eigenvalue weighted by Gasteiger charge is -2.32. The maximum Gasteiger partial charge on any atom is 0.0726 e. The van der Waals surface area contributed by atoms with Crippen molar-refractivity contribution in [3.63, 3.8) is 0 Å². The molecule has 0 unspecified atom stereocenters. The predicted octanol–water partition coefficient (Wildman–Crippen LogP) is 17.5. The van der Waals surface area contributed by atoms with Crippen LogP contribution >= 0.6 is 0 Å². The summed E-state index contributed by atoms with van der Waals surface area (Å²) >= 11 is 0. The molecule has 0 amide bonds. The monoisotopic (exact) mass is 823 g/mol. The van der Waals surface area contributed by atoms with E-state index in [1.54, 1.807) is 0 Å². The Kier molecular flexibility index (Phi) is 9.00. The van der Waals surface area contributed by atoms with Crippen molar-refractivity contribution in [2.45, 2.75) is 81.5 Å². The molecule has 1 spiro atoms. The summed E-state index contributed by atoms with van der Waals surface area (Å²) in [5.74, 6) is 1.29. The lowest BCUT2D eigenvalue weighted by molar-refractivity contribution is 0.443. The van der Waals surface area contributed by atoms with Crippen LogP contribution in [-0.2, 0) is 5.41 Å². The van der Waals surface area contributed by atoms with Gasteiger partial charge in [-0.2, -0.15) is 0 Å². The highest BCUT2D eigenvalue weighted by Gasteiger charge is 2.52. The maximum atomic E-state index is 3.97. The van der Waals surface area contributed by atoms with Crippen LogP contribution in [0.3, 0.4) is 0 Å². The summed E-state index contributed by atoms with van der Waals surface area (Å²) in [6.07, 6.45) is 13.3. The van der Waals surface area contributed by atoms with Gasteiger partial charge in [-0.3, -0.25) is 0 Å². The first-order valence-electron chi connectivity index (χ1n) is 24.1. The molecule has 4 aliphatic carbocycles. The molecular formula is C63H53N. The average Bonchev–Trinajstić information content (AvgIpc) is 3.84. The normalized spacial score (nSPS) is 16.4. The molecule has 310 valence electrons. The van der Waals surface area contributed by atoms with Crippen LogP contribution in [0.25, 0.3) is 66.1 Å². The molecule has 0 saturated heterocycles. The predicted molar refractivity (Wildman–Crippen MR) is 270 cm³/mol. The summed E-state index contributed by atoms with van der Waals surface area (Å²) in [5.41, 5.74) is 21.3. The van der Waals surface area contributed by atoms with E-state index in [9.17, 15) is 0 Å². The topological polar surface area (TPSA) is 12.0 Å². The highest BCUT2D eigenvalue weighted by molar-refractivity contribution is 6.00. The van der Waals surface area contributed by atoms with Gasteiger partial charge in [-0.1, -0.05) is 184 Å². The summed E-state index contributed by atoms with van der Waals surface area (Å²) in [4.78, 5) is 0. The van der Waals surface area contributed by atoms with E-state index in [-0.39, 0.29) is 5.41 Å². The van der Waals surface area contributed by atoms with Crippen LogP contribution in [0, 0.1) is 0 Å². The number of nitrogens with one attached hydrogen (secondary N) is 1. The summed E-state index contributed by atoms with van der Waals surface area (Å²) in [6, 6.07) is 69.8. The smallest absolute Gasteiger partial charge is 0.0726 e. The summed E-state index contributed by atoms with van der Waals surface area (Å²) < 4.78 is 0. The second kappa shape index (κ2) is 15.2. The van der Waals surface area contributed by atoms with Gasteiger partial charge >= 0.3 is 0 Å². The number of anilines is 2. The quantitative estimate of drug-likeness (QED) is 0.176. The Morgan fingerprint density at radius 2 is 0.844 bits per heavy atom. The minimum atomic E-state index is -0.361. The SMILES string of the molecule is c1ccc2c(c1)-c1c(Nc3ccc(-c4ccc5cc(-c6ccc7ccccc7c6)ccc5c4)cc3)cccc1C21c2cc(C3CCCCC3)ccc2-c2ccc(C3CCCCC3)cc21. The standard InChI is InChI=1S/C63H53N/c1-3-12-41(13-4-1)51-30-34-54-55-35-31-52(42-14-5-2-6-15-42)40-60(55)63(59(54)39-51)57-19-10-9-18-56(57)62-58(63)20-11-21-61(62)64-53-32-28-44(29-33-53)46-24-25-49-38-50(27-26-48(49)37-46)47-23-22-43-16-7-8-17-45(43)36-47/h7-11,16-42,64H,1-6,12-15H2. The molecule has 13 rings (SSSR count). The van der Waals surface area contributed by atoms with E-state index in [4.69, 9.17) is 0 Å². The molecule has 0 bridgehead atoms. The van der Waals surface area contributed by atoms with E-state index in [1.807, 2.05) is 0 Å². The molecule has 1 N–H and O–H groups in total. The molecule has 64 heavy (non-hydrogen) atoms. The Bertz CT molecular complexity index is 3200.